The summed E-state index contributed by atoms with van der Waals surface area (Å²) >= 11 is 0. The molecule has 2 amide bonds. The molecule has 3 aromatic rings. The first-order valence-electron chi connectivity index (χ1n) is 9.46. The van der Waals surface area contributed by atoms with E-state index in [4.69, 9.17) is 10.5 Å². The number of hydrogen-bond donors (Lipinski definition) is 2. The number of ether oxygens (including phenoxy) is 1. The van der Waals surface area contributed by atoms with Gasteiger partial charge in [0, 0.05) is 41.3 Å². The smallest absolute Gasteiger partial charge is 0.278 e. The molecule has 8 nitrogen and oxygen atoms in total. The van der Waals surface area contributed by atoms with Gasteiger partial charge in [0.05, 0.1) is 18.0 Å². The van der Waals surface area contributed by atoms with Crippen LogP contribution < -0.4 is 11.1 Å². The third-order valence-electron chi connectivity index (χ3n) is 4.94. The highest BCUT2D eigenvalue weighted by Crippen LogP contribution is 2.22. The predicted octanol–water partition coefficient (Wildman–Crippen LogP) is 3.19. The Bertz CT molecular complexity index is 1080. The summed E-state index contributed by atoms with van der Waals surface area (Å²) < 4.78 is 5.20. The number of anilines is 2. The summed E-state index contributed by atoms with van der Waals surface area (Å²) in [6, 6.07) is 16.1. The number of hydrogen-bond acceptors (Lipinski definition) is 6. The molecular formula is C22H27N5O3. The fraction of sp³-hybridized carbons (Fsp3) is 0.182. The van der Waals surface area contributed by atoms with Gasteiger partial charge in [0.2, 0.25) is 0 Å². The molecule has 0 bridgehead atoms. The van der Waals surface area contributed by atoms with Crippen molar-refractivity contribution in [1.82, 2.24) is 14.9 Å². The summed E-state index contributed by atoms with van der Waals surface area (Å²) in [4.78, 5) is 35.3. The van der Waals surface area contributed by atoms with Crippen molar-refractivity contribution in [3.05, 3.63) is 72.1 Å². The molecule has 0 atom stereocenters. The maximum atomic E-state index is 12.6. The molecule has 3 N–H and O–H groups in total. The molecule has 2 aromatic carbocycles. The van der Waals surface area contributed by atoms with E-state index in [1.165, 1.54) is 6.20 Å². The van der Waals surface area contributed by atoms with E-state index in [9.17, 15) is 9.59 Å². The van der Waals surface area contributed by atoms with E-state index in [0.29, 0.717) is 30.0 Å². The van der Waals surface area contributed by atoms with Crippen LogP contribution in [0.5, 0.6) is 0 Å². The molecule has 0 unspecified atom stereocenters. The van der Waals surface area contributed by atoms with Crippen molar-refractivity contribution in [3.8, 4) is 11.3 Å². The maximum Gasteiger partial charge on any atom is 0.278 e. The Morgan fingerprint density at radius 2 is 1.83 bits per heavy atom. The molecule has 0 radical (unpaired) electrons. The van der Waals surface area contributed by atoms with Gasteiger partial charge < -0.3 is 20.7 Å². The van der Waals surface area contributed by atoms with E-state index in [-0.39, 0.29) is 27.8 Å². The van der Waals surface area contributed by atoms with E-state index < -0.39 is 5.91 Å². The Morgan fingerprint density at radius 3 is 2.50 bits per heavy atom. The van der Waals surface area contributed by atoms with Crippen LogP contribution in [-0.4, -0.2) is 53.0 Å². The minimum absolute atomic E-state index is 0. The number of para-hydroxylation sites is 1. The highest BCUT2D eigenvalue weighted by atomic mass is 16.5. The second-order valence-electron chi connectivity index (χ2n) is 6.95. The van der Waals surface area contributed by atoms with Gasteiger partial charge in [-0.25, -0.2) is 9.97 Å². The molecule has 8 heteroatoms. The Balaban J connectivity index is 0.00000181. The van der Waals surface area contributed by atoms with Gasteiger partial charge in [0.1, 0.15) is 0 Å². The van der Waals surface area contributed by atoms with Crippen molar-refractivity contribution in [2.24, 2.45) is 0 Å². The molecule has 4 rings (SSSR count). The summed E-state index contributed by atoms with van der Waals surface area (Å²) in [5.41, 5.74) is 8.35. The molecule has 1 saturated heterocycles. The molecule has 0 spiro atoms. The molecule has 1 aliphatic rings. The monoisotopic (exact) mass is 409 g/mol. The van der Waals surface area contributed by atoms with Crippen molar-refractivity contribution < 1.29 is 18.6 Å². The lowest BCUT2D eigenvalue weighted by molar-refractivity contribution is -0.0191. The van der Waals surface area contributed by atoms with Crippen LogP contribution in [0.3, 0.4) is 0 Å². The Labute approximate surface area is 178 Å². The summed E-state index contributed by atoms with van der Waals surface area (Å²) in [7, 11) is 1.64. The summed E-state index contributed by atoms with van der Waals surface area (Å²) in [5, 5.41) is 2.75. The standard InChI is InChI=1S/C22H21N5O3.3H2/c1-30-17-12-27(13-17)22(29)15-9-7-14(8-10-15)18-11-24-20(23)19(26-18)21(28)25-16-5-3-2-4-6-16;;;/h2-11,17H,12-13H2,1H3,(H2,23,24)(H,25,28);3*1H. The molecule has 0 saturated carbocycles. The number of amides is 2. The molecule has 2 heterocycles. The number of nitrogen functional groups attached to an aromatic ring is 1. The third-order valence-corrected chi connectivity index (χ3v) is 4.94. The number of carbonyl (C=O) groups is 2. The van der Waals surface area contributed by atoms with Gasteiger partial charge in [-0.1, -0.05) is 30.3 Å². The van der Waals surface area contributed by atoms with Crippen molar-refractivity contribution in [1.29, 1.82) is 0 Å². The van der Waals surface area contributed by atoms with Gasteiger partial charge in [-0.2, -0.15) is 0 Å². The number of rotatable bonds is 5. The predicted molar refractivity (Wildman–Crippen MR) is 119 cm³/mol. The first kappa shape index (κ1) is 19.5. The summed E-state index contributed by atoms with van der Waals surface area (Å²) in [6.45, 7) is 1.20. The highest BCUT2D eigenvalue weighted by Gasteiger charge is 2.30. The lowest BCUT2D eigenvalue weighted by Crippen LogP contribution is -2.54. The van der Waals surface area contributed by atoms with Crippen LogP contribution >= 0.6 is 0 Å². The fourth-order valence-electron chi connectivity index (χ4n) is 3.14. The third kappa shape index (κ3) is 3.99. The second kappa shape index (κ2) is 8.30. The second-order valence-corrected chi connectivity index (χ2v) is 6.95. The first-order valence-corrected chi connectivity index (χ1v) is 9.46. The number of methoxy groups -OCH3 is 1. The van der Waals surface area contributed by atoms with Crippen molar-refractivity contribution >= 4 is 23.3 Å². The normalized spacial score (nSPS) is 13.6. The molecule has 30 heavy (non-hydrogen) atoms. The van der Waals surface area contributed by atoms with Crippen molar-refractivity contribution in [2.45, 2.75) is 6.10 Å². The highest BCUT2D eigenvalue weighted by molar-refractivity contribution is 6.06. The van der Waals surface area contributed by atoms with Gasteiger partial charge >= 0.3 is 0 Å². The van der Waals surface area contributed by atoms with Gasteiger partial charge in [-0.05, 0) is 24.3 Å². The van der Waals surface area contributed by atoms with Crippen LogP contribution in [0.2, 0.25) is 0 Å². The van der Waals surface area contributed by atoms with E-state index in [1.807, 2.05) is 18.2 Å². The van der Waals surface area contributed by atoms with Crippen molar-refractivity contribution in [3.63, 3.8) is 0 Å². The number of likely N-dealkylation sites (tertiary alicyclic amines) is 1. The molecule has 0 aliphatic carbocycles. The zero-order valence-electron chi connectivity index (χ0n) is 16.4. The van der Waals surface area contributed by atoms with Gasteiger partial charge in [0.15, 0.2) is 11.5 Å². The zero-order valence-corrected chi connectivity index (χ0v) is 16.4. The van der Waals surface area contributed by atoms with Crippen LogP contribution in [0.25, 0.3) is 11.3 Å². The summed E-state index contributed by atoms with van der Waals surface area (Å²) in [6.07, 6.45) is 1.61. The molecule has 1 fully saturated rings. The minimum atomic E-state index is -0.440. The van der Waals surface area contributed by atoms with E-state index in [1.54, 1.807) is 48.4 Å². The van der Waals surface area contributed by atoms with Crippen LogP contribution in [0.15, 0.2) is 60.8 Å². The Morgan fingerprint density at radius 1 is 1.13 bits per heavy atom. The lowest BCUT2D eigenvalue weighted by Gasteiger charge is -2.38. The van der Waals surface area contributed by atoms with Crippen LogP contribution in [-0.2, 0) is 4.74 Å². The SMILES string of the molecule is COC1CN(C(=O)c2ccc(-c3cnc(N)c(C(=O)Nc4ccccc4)n3)cc2)C1.[HH].[HH].[HH]. The number of aromatic nitrogens is 2. The maximum absolute atomic E-state index is 12.6. The molecule has 1 aromatic heterocycles. The Hall–Kier alpha value is -3.78. The molecule has 1 aliphatic heterocycles. The van der Waals surface area contributed by atoms with Gasteiger partial charge in [-0.15, -0.1) is 0 Å². The van der Waals surface area contributed by atoms with Crippen molar-refractivity contribution in [2.75, 3.05) is 31.2 Å². The number of carbonyl (C=O) groups excluding carboxylic acids is 2. The number of nitrogens with zero attached hydrogens (tertiary/aromatic N) is 3. The fourth-order valence-corrected chi connectivity index (χ4v) is 3.14. The topological polar surface area (TPSA) is 110 Å². The Kier molecular flexibility index (Phi) is 5.40. The van der Waals surface area contributed by atoms with Gasteiger partial charge in [-0.3, -0.25) is 9.59 Å². The summed E-state index contributed by atoms with van der Waals surface area (Å²) in [5.74, 6) is -0.434. The van der Waals surface area contributed by atoms with E-state index in [0.717, 1.165) is 5.56 Å². The van der Waals surface area contributed by atoms with E-state index >= 15 is 0 Å². The number of nitrogens with one attached hydrogen (secondary N) is 1. The van der Waals surface area contributed by atoms with Crippen LogP contribution in [0.1, 0.15) is 25.1 Å². The van der Waals surface area contributed by atoms with E-state index in [2.05, 4.69) is 15.3 Å². The average Bonchev–Trinajstić information content (AvgIpc) is 2.74. The van der Waals surface area contributed by atoms with Crippen LogP contribution in [0.4, 0.5) is 11.5 Å². The minimum Gasteiger partial charge on any atom is -0.382 e. The largest absolute Gasteiger partial charge is 0.382 e. The quantitative estimate of drug-likeness (QED) is 0.670. The number of benzene rings is 2. The lowest BCUT2D eigenvalue weighted by atomic mass is 10.1. The molecular weight excluding hydrogens is 382 g/mol. The first-order chi connectivity index (χ1) is 14.5. The molecule has 158 valence electrons. The van der Waals surface area contributed by atoms with Gasteiger partial charge in [0.25, 0.3) is 11.8 Å². The zero-order chi connectivity index (χ0) is 21.1. The van der Waals surface area contributed by atoms with Crippen LogP contribution in [0, 0.1) is 0 Å². The average molecular weight is 409 g/mol. The number of nitrogens with two attached hydrogens (primary N) is 1.